The molecule has 1 atom stereocenters. The molecule has 6 nitrogen and oxygen atoms in total. The number of carbonyl (C=O) groups is 1. The Kier molecular flexibility index (Phi) is 4.00. The van der Waals surface area contributed by atoms with Crippen LogP contribution in [-0.2, 0) is 13.6 Å². The number of aromatic nitrogens is 2. The van der Waals surface area contributed by atoms with Crippen molar-refractivity contribution in [2.24, 2.45) is 7.05 Å². The monoisotopic (exact) mass is 300 g/mol. The lowest BCUT2D eigenvalue weighted by molar-refractivity contribution is 0.194. The van der Waals surface area contributed by atoms with Gasteiger partial charge in [0.2, 0.25) is 0 Å². The van der Waals surface area contributed by atoms with Gasteiger partial charge in [0.1, 0.15) is 5.75 Å². The Morgan fingerprint density at radius 3 is 3.09 bits per heavy atom. The van der Waals surface area contributed by atoms with E-state index < -0.39 is 0 Å². The third kappa shape index (κ3) is 3.05. The van der Waals surface area contributed by atoms with Gasteiger partial charge in [-0.3, -0.25) is 4.68 Å². The molecule has 0 fully saturated rings. The van der Waals surface area contributed by atoms with E-state index in [1.54, 1.807) is 22.8 Å². The number of benzene rings is 1. The Hall–Kier alpha value is -2.50. The van der Waals surface area contributed by atoms with Crippen LogP contribution in [-0.4, -0.2) is 34.4 Å². The molecular formula is C16H20N4O2. The SMILES string of the molecule is CN(Cc1cnn(C)c1)C(=O)NC1CCOc2ccccc21. The zero-order valence-corrected chi connectivity index (χ0v) is 12.8. The zero-order chi connectivity index (χ0) is 15.5. The van der Waals surface area contributed by atoms with Gasteiger partial charge in [-0.1, -0.05) is 18.2 Å². The Labute approximate surface area is 129 Å². The van der Waals surface area contributed by atoms with Crippen molar-refractivity contribution in [3.8, 4) is 5.75 Å². The number of rotatable bonds is 3. The van der Waals surface area contributed by atoms with E-state index in [9.17, 15) is 4.79 Å². The molecule has 1 aliphatic rings. The standard InChI is InChI=1S/C16H20N4O2/c1-19(10-12-9-17-20(2)11-12)16(21)18-14-7-8-22-15-6-4-3-5-13(14)15/h3-6,9,11,14H,7-8,10H2,1-2H3,(H,18,21). The Morgan fingerprint density at radius 1 is 1.50 bits per heavy atom. The maximum absolute atomic E-state index is 12.4. The van der Waals surface area contributed by atoms with Crippen LogP contribution in [0.4, 0.5) is 4.79 Å². The normalized spacial score (nSPS) is 16.5. The second-order valence-electron chi connectivity index (χ2n) is 5.56. The molecular weight excluding hydrogens is 280 g/mol. The first-order valence-corrected chi connectivity index (χ1v) is 7.34. The van der Waals surface area contributed by atoms with Crippen LogP contribution in [0.1, 0.15) is 23.6 Å². The van der Waals surface area contributed by atoms with Gasteiger partial charge in [0.25, 0.3) is 0 Å². The molecule has 2 aromatic rings. The Bertz CT molecular complexity index is 668. The van der Waals surface area contributed by atoms with E-state index in [2.05, 4.69) is 10.4 Å². The molecule has 0 spiro atoms. The zero-order valence-electron chi connectivity index (χ0n) is 12.8. The summed E-state index contributed by atoms with van der Waals surface area (Å²) >= 11 is 0. The van der Waals surface area contributed by atoms with Crippen LogP contribution >= 0.6 is 0 Å². The number of nitrogens with zero attached hydrogens (tertiary/aromatic N) is 3. The van der Waals surface area contributed by atoms with Crippen molar-refractivity contribution in [3.63, 3.8) is 0 Å². The molecule has 0 saturated carbocycles. The minimum absolute atomic E-state index is 0.00574. The van der Waals surface area contributed by atoms with Gasteiger partial charge in [0.15, 0.2) is 0 Å². The maximum Gasteiger partial charge on any atom is 0.317 e. The topological polar surface area (TPSA) is 59.4 Å². The van der Waals surface area contributed by atoms with Crippen molar-refractivity contribution in [1.29, 1.82) is 0 Å². The Morgan fingerprint density at radius 2 is 2.32 bits per heavy atom. The van der Waals surface area contributed by atoms with Gasteiger partial charge in [-0.15, -0.1) is 0 Å². The molecule has 0 radical (unpaired) electrons. The van der Waals surface area contributed by atoms with E-state index in [0.29, 0.717) is 13.2 Å². The summed E-state index contributed by atoms with van der Waals surface area (Å²) in [4.78, 5) is 14.0. The first-order chi connectivity index (χ1) is 10.6. The smallest absolute Gasteiger partial charge is 0.317 e. The average Bonchev–Trinajstić information content (AvgIpc) is 2.92. The van der Waals surface area contributed by atoms with Gasteiger partial charge in [0, 0.05) is 37.8 Å². The Balaban J connectivity index is 1.64. The highest BCUT2D eigenvalue weighted by Crippen LogP contribution is 2.31. The van der Waals surface area contributed by atoms with Crippen LogP contribution in [0.15, 0.2) is 36.7 Å². The van der Waals surface area contributed by atoms with Gasteiger partial charge in [-0.25, -0.2) is 4.79 Å². The van der Waals surface area contributed by atoms with Crippen LogP contribution in [0.2, 0.25) is 0 Å². The lowest BCUT2D eigenvalue weighted by Gasteiger charge is -2.28. The lowest BCUT2D eigenvalue weighted by Crippen LogP contribution is -2.40. The molecule has 1 aliphatic heterocycles. The van der Waals surface area contributed by atoms with Crippen molar-refractivity contribution >= 4 is 6.03 Å². The number of hydrogen-bond donors (Lipinski definition) is 1. The molecule has 116 valence electrons. The second-order valence-corrected chi connectivity index (χ2v) is 5.56. The van der Waals surface area contributed by atoms with Crippen LogP contribution in [0.5, 0.6) is 5.75 Å². The summed E-state index contributed by atoms with van der Waals surface area (Å²) in [6, 6.07) is 7.75. The van der Waals surface area contributed by atoms with Crippen LogP contribution in [0, 0.1) is 0 Å². The molecule has 1 unspecified atom stereocenters. The van der Waals surface area contributed by atoms with E-state index in [0.717, 1.165) is 23.3 Å². The fraction of sp³-hybridized carbons (Fsp3) is 0.375. The quantitative estimate of drug-likeness (QED) is 0.944. The highest BCUT2D eigenvalue weighted by molar-refractivity contribution is 5.74. The molecule has 22 heavy (non-hydrogen) atoms. The minimum atomic E-state index is -0.0921. The van der Waals surface area contributed by atoms with Crippen molar-refractivity contribution in [2.75, 3.05) is 13.7 Å². The molecule has 6 heteroatoms. The van der Waals surface area contributed by atoms with Crippen molar-refractivity contribution in [1.82, 2.24) is 20.0 Å². The van der Waals surface area contributed by atoms with Crippen LogP contribution in [0.3, 0.4) is 0 Å². The van der Waals surface area contributed by atoms with Gasteiger partial charge < -0.3 is 15.0 Å². The molecule has 2 amide bonds. The van der Waals surface area contributed by atoms with Gasteiger partial charge in [-0.2, -0.15) is 5.10 Å². The first-order valence-electron chi connectivity index (χ1n) is 7.34. The number of carbonyl (C=O) groups excluding carboxylic acids is 1. The summed E-state index contributed by atoms with van der Waals surface area (Å²) in [5.41, 5.74) is 2.05. The molecule has 0 aliphatic carbocycles. The summed E-state index contributed by atoms with van der Waals surface area (Å²) in [6.45, 7) is 1.15. The average molecular weight is 300 g/mol. The number of nitrogens with one attached hydrogen (secondary N) is 1. The number of urea groups is 1. The molecule has 2 heterocycles. The maximum atomic E-state index is 12.4. The van der Waals surface area contributed by atoms with Crippen molar-refractivity contribution < 1.29 is 9.53 Å². The highest BCUT2D eigenvalue weighted by atomic mass is 16.5. The van der Waals surface area contributed by atoms with Gasteiger partial charge >= 0.3 is 6.03 Å². The number of para-hydroxylation sites is 1. The third-order valence-corrected chi connectivity index (χ3v) is 3.78. The van der Waals surface area contributed by atoms with E-state index in [4.69, 9.17) is 4.74 Å². The molecule has 3 rings (SSSR count). The highest BCUT2D eigenvalue weighted by Gasteiger charge is 2.23. The molecule has 0 bridgehead atoms. The number of aryl methyl sites for hydroxylation is 1. The van der Waals surface area contributed by atoms with E-state index in [1.807, 2.05) is 37.5 Å². The minimum Gasteiger partial charge on any atom is -0.493 e. The third-order valence-electron chi connectivity index (χ3n) is 3.78. The molecule has 1 aromatic heterocycles. The summed E-state index contributed by atoms with van der Waals surface area (Å²) < 4.78 is 7.35. The number of amides is 2. The van der Waals surface area contributed by atoms with Gasteiger partial charge in [0.05, 0.1) is 25.4 Å². The largest absolute Gasteiger partial charge is 0.493 e. The number of ether oxygens (including phenoxy) is 1. The number of hydrogen-bond acceptors (Lipinski definition) is 3. The van der Waals surface area contributed by atoms with E-state index >= 15 is 0 Å². The fourth-order valence-electron chi connectivity index (χ4n) is 2.65. The van der Waals surface area contributed by atoms with Crippen molar-refractivity contribution in [3.05, 3.63) is 47.8 Å². The summed E-state index contributed by atoms with van der Waals surface area (Å²) in [5, 5.41) is 7.20. The van der Waals surface area contributed by atoms with Crippen LogP contribution in [0.25, 0.3) is 0 Å². The van der Waals surface area contributed by atoms with Crippen LogP contribution < -0.4 is 10.1 Å². The van der Waals surface area contributed by atoms with Crippen molar-refractivity contribution in [2.45, 2.75) is 19.0 Å². The molecule has 0 saturated heterocycles. The summed E-state index contributed by atoms with van der Waals surface area (Å²) in [6.07, 6.45) is 4.46. The molecule has 1 N–H and O–H groups in total. The van der Waals surface area contributed by atoms with Gasteiger partial charge in [-0.05, 0) is 6.07 Å². The second kappa shape index (κ2) is 6.09. The van der Waals surface area contributed by atoms with E-state index in [1.165, 1.54) is 0 Å². The number of fused-ring (bicyclic) bond motifs is 1. The summed E-state index contributed by atoms with van der Waals surface area (Å²) in [7, 11) is 3.65. The predicted molar refractivity (Wildman–Crippen MR) is 82.5 cm³/mol. The fourth-order valence-corrected chi connectivity index (χ4v) is 2.65. The molecule has 1 aromatic carbocycles. The van der Waals surface area contributed by atoms with E-state index in [-0.39, 0.29) is 12.1 Å². The first kappa shape index (κ1) is 14.4. The summed E-state index contributed by atoms with van der Waals surface area (Å²) in [5.74, 6) is 0.856. The lowest BCUT2D eigenvalue weighted by atomic mass is 10.0. The predicted octanol–water partition coefficient (Wildman–Crippen LogP) is 2.09.